The largest absolute Gasteiger partial charge is 0.382 e. The molecule has 98 valence electrons. The Morgan fingerprint density at radius 3 is 2.44 bits per heavy atom. The molecular weight excluding hydrogens is 242 g/mol. The van der Waals surface area contributed by atoms with E-state index in [0.717, 1.165) is 17.7 Å². The number of hydrogen-bond donors (Lipinski definition) is 0. The van der Waals surface area contributed by atoms with Crippen LogP contribution in [0.25, 0.3) is 0 Å². The van der Waals surface area contributed by atoms with Gasteiger partial charge in [0.05, 0.1) is 5.71 Å². The lowest BCUT2D eigenvalue weighted by molar-refractivity contribution is -0.123. The van der Waals surface area contributed by atoms with Crippen molar-refractivity contribution in [1.82, 2.24) is 0 Å². The fourth-order valence-corrected chi connectivity index (χ4v) is 2.92. The summed E-state index contributed by atoms with van der Waals surface area (Å²) in [6.45, 7) is 8.65. The van der Waals surface area contributed by atoms with E-state index in [1.54, 1.807) is 0 Å². The molecule has 1 aromatic rings. The van der Waals surface area contributed by atoms with Crippen LogP contribution >= 0.6 is 0 Å². The van der Waals surface area contributed by atoms with Crippen molar-refractivity contribution >= 4 is 14.0 Å². The van der Waals surface area contributed by atoms with Crippen LogP contribution in [0, 0.1) is 5.92 Å². The lowest BCUT2D eigenvalue weighted by atomic mass is 9.98. The summed E-state index contributed by atoms with van der Waals surface area (Å²) in [7, 11) is -1.58. The van der Waals surface area contributed by atoms with Gasteiger partial charge in [-0.15, -0.1) is 0 Å². The molecule has 0 saturated heterocycles. The lowest BCUT2D eigenvalue weighted by Gasteiger charge is -2.32. The van der Waals surface area contributed by atoms with Crippen LogP contribution in [0.5, 0.6) is 0 Å². The van der Waals surface area contributed by atoms with Crippen molar-refractivity contribution in [2.45, 2.75) is 39.3 Å². The summed E-state index contributed by atoms with van der Waals surface area (Å²) < 4.78 is 5.98. The van der Waals surface area contributed by atoms with E-state index in [-0.39, 0.29) is 6.29 Å². The average molecular weight is 263 g/mol. The minimum Gasteiger partial charge on any atom is -0.382 e. The van der Waals surface area contributed by atoms with Gasteiger partial charge in [-0.3, -0.25) is 0 Å². The van der Waals surface area contributed by atoms with Crippen molar-refractivity contribution in [3.63, 3.8) is 0 Å². The van der Waals surface area contributed by atoms with E-state index in [9.17, 15) is 0 Å². The molecule has 0 amide bonds. The molecule has 0 saturated carbocycles. The quantitative estimate of drug-likeness (QED) is 0.780. The maximum Gasteiger partial charge on any atom is 0.220 e. The molecule has 3 nitrogen and oxygen atoms in total. The zero-order valence-corrected chi connectivity index (χ0v) is 12.5. The summed E-state index contributed by atoms with van der Waals surface area (Å²) in [4.78, 5) is 5.53. The average Bonchev–Trinajstić information content (AvgIpc) is 2.31. The van der Waals surface area contributed by atoms with Crippen molar-refractivity contribution in [2.75, 3.05) is 0 Å². The molecule has 1 aliphatic rings. The molecule has 18 heavy (non-hydrogen) atoms. The Morgan fingerprint density at radius 1 is 1.22 bits per heavy atom. The molecule has 1 aliphatic heterocycles. The standard InChI is InChI=1S/C14H21NO2Si/c1-11-10-13(12-8-6-5-7-9-12)15-16-14(11)17-18(2,3)4/h5-9,11,14H,10H2,1-4H3/t11-,14+/m0/s1. The molecule has 1 aromatic carbocycles. The fraction of sp³-hybridized carbons (Fsp3) is 0.500. The molecule has 0 fully saturated rings. The van der Waals surface area contributed by atoms with Gasteiger partial charge in [-0.05, 0) is 25.2 Å². The highest BCUT2D eigenvalue weighted by Crippen LogP contribution is 2.25. The summed E-state index contributed by atoms with van der Waals surface area (Å²) in [6.07, 6.45) is 0.711. The molecule has 0 aliphatic carbocycles. The molecule has 0 spiro atoms. The Kier molecular flexibility index (Phi) is 3.87. The van der Waals surface area contributed by atoms with Gasteiger partial charge < -0.3 is 9.26 Å². The van der Waals surface area contributed by atoms with E-state index in [1.165, 1.54) is 0 Å². The van der Waals surface area contributed by atoms with Crippen LogP contribution in [0.15, 0.2) is 35.5 Å². The van der Waals surface area contributed by atoms with Gasteiger partial charge in [0.2, 0.25) is 6.29 Å². The van der Waals surface area contributed by atoms with E-state index >= 15 is 0 Å². The van der Waals surface area contributed by atoms with Crippen LogP contribution in [0.4, 0.5) is 0 Å². The van der Waals surface area contributed by atoms with E-state index in [1.807, 2.05) is 18.2 Å². The highest BCUT2D eigenvalue weighted by Gasteiger charge is 2.31. The van der Waals surface area contributed by atoms with Gasteiger partial charge in [-0.2, -0.15) is 0 Å². The summed E-state index contributed by atoms with van der Waals surface area (Å²) in [5.74, 6) is 0.337. The van der Waals surface area contributed by atoms with Crippen molar-refractivity contribution < 1.29 is 9.26 Å². The highest BCUT2D eigenvalue weighted by atomic mass is 28.4. The monoisotopic (exact) mass is 263 g/mol. The SMILES string of the molecule is C[C@H]1CC(c2ccccc2)=NO[C@@H]1O[Si](C)(C)C. The Morgan fingerprint density at radius 2 is 1.89 bits per heavy atom. The zero-order valence-electron chi connectivity index (χ0n) is 11.5. The molecule has 4 heteroatoms. The van der Waals surface area contributed by atoms with Crippen molar-refractivity contribution in [3.05, 3.63) is 35.9 Å². The summed E-state index contributed by atoms with van der Waals surface area (Å²) in [5.41, 5.74) is 2.15. The van der Waals surface area contributed by atoms with Crippen molar-refractivity contribution in [1.29, 1.82) is 0 Å². The molecule has 2 atom stereocenters. The van der Waals surface area contributed by atoms with E-state index in [4.69, 9.17) is 9.26 Å². The predicted molar refractivity (Wildman–Crippen MR) is 76.1 cm³/mol. The van der Waals surface area contributed by atoms with Crippen LogP contribution in [0.3, 0.4) is 0 Å². The van der Waals surface area contributed by atoms with Crippen LogP contribution in [-0.2, 0) is 9.26 Å². The zero-order chi connectivity index (χ0) is 13.2. The second kappa shape index (κ2) is 5.24. The summed E-state index contributed by atoms with van der Waals surface area (Å²) >= 11 is 0. The number of benzene rings is 1. The number of hydrogen-bond acceptors (Lipinski definition) is 3. The van der Waals surface area contributed by atoms with Crippen LogP contribution in [-0.4, -0.2) is 20.3 Å². The maximum absolute atomic E-state index is 5.98. The molecule has 0 unspecified atom stereocenters. The molecule has 0 N–H and O–H groups in total. The number of rotatable bonds is 3. The van der Waals surface area contributed by atoms with Crippen LogP contribution < -0.4 is 0 Å². The molecule has 0 radical (unpaired) electrons. The second-order valence-corrected chi connectivity index (χ2v) is 10.2. The molecule has 1 heterocycles. The summed E-state index contributed by atoms with van der Waals surface area (Å²) in [5, 5.41) is 4.23. The van der Waals surface area contributed by atoms with Gasteiger partial charge in [0, 0.05) is 12.3 Å². The second-order valence-electron chi connectivity index (χ2n) is 5.79. The van der Waals surface area contributed by atoms with E-state index < -0.39 is 8.32 Å². The third kappa shape index (κ3) is 3.43. The van der Waals surface area contributed by atoms with Crippen molar-refractivity contribution in [3.8, 4) is 0 Å². The predicted octanol–water partition coefficient (Wildman–Crippen LogP) is 3.62. The Labute approximate surface area is 110 Å². The fourth-order valence-electron chi connectivity index (χ4n) is 1.95. The number of nitrogens with zero attached hydrogens (tertiary/aromatic N) is 1. The maximum atomic E-state index is 5.98. The normalized spacial score (nSPS) is 24.3. The lowest BCUT2D eigenvalue weighted by Crippen LogP contribution is -2.39. The van der Waals surface area contributed by atoms with Gasteiger partial charge >= 0.3 is 0 Å². The van der Waals surface area contributed by atoms with Gasteiger partial charge in [0.1, 0.15) is 0 Å². The minimum absolute atomic E-state index is 0.191. The molecule has 0 aromatic heterocycles. The first-order valence-electron chi connectivity index (χ1n) is 6.41. The van der Waals surface area contributed by atoms with Gasteiger partial charge in [0.25, 0.3) is 0 Å². The smallest absolute Gasteiger partial charge is 0.220 e. The molecule has 2 rings (SSSR count). The highest BCUT2D eigenvalue weighted by molar-refractivity contribution is 6.69. The number of oxime groups is 1. The Bertz CT molecular complexity index is 425. The van der Waals surface area contributed by atoms with Crippen LogP contribution in [0.2, 0.25) is 19.6 Å². The van der Waals surface area contributed by atoms with E-state index in [0.29, 0.717) is 5.92 Å². The topological polar surface area (TPSA) is 30.8 Å². The van der Waals surface area contributed by atoms with Crippen LogP contribution in [0.1, 0.15) is 18.9 Å². The first-order chi connectivity index (χ1) is 8.46. The molecular formula is C14H21NO2Si. The third-order valence-electron chi connectivity index (χ3n) is 2.82. The van der Waals surface area contributed by atoms with Gasteiger partial charge in [-0.1, -0.05) is 42.4 Å². The minimum atomic E-state index is -1.58. The summed E-state index contributed by atoms with van der Waals surface area (Å²) in [6, 6.07) is 10.2. The molecule has 0 bridgehead atoms. The van der Waals surface area contributed by atoms with Crippen molar-refractivity contribution in [2.24, 2.45) is 11.1 Å². The first kappa shape index (κ1) is 13.3. The Hall–Kier alpha value is -1.13. The third-order valence-corrected chi connectivity index (χ3v) is 3.76. The first-order valence-corrected chi connectivity index (χ1v) is 9.82. The van der Waals surface area contributed by atoms with Gasteiger partial charge in [0.15, 0.2) is 8.32 Å². The van der Waals surface area contributed by atoms with E-state index in [2.05, 4.69) is 43.9 Å². The van der Waals surface area contributed by atoms with Gasteiger partial charge in [-0.25, -0.2) is 0 Å². The Balaban J connectivity index is 2.08.